The maximum atomic E-state index is 12.9. The first kappa shape index (κ1) is 27.9. The first-order valence-electron chi connectivity index (χ1n) is 14.3. The van der Waals surface area contributed by atoms with E-state index in [1.165, 1.54) is 12.1 Å². The quantitative estimate of drug-likeness (QED) is 0.197. The summed E-state index contributed by atoms with van der Waals surface area (Å²) in [4.78, 5) is 24.7. The predicted molar refractivity (Wildman–Crippen MR) is 149 cm³/mol. The van der Waals surface area contributed by atoms with E-state index in [1.807, 2.05) is 0 Å². The summed E-state index contributed by atoms with van der Waals surface area (Å²) in [5.74, 6) is -1.22. The Balaban J connectivity index is 1.32. The van der Waals surface area contributed by atoms with Crippen LogP contribution >= 0.6 is 15.9 Å². The van der Waals surface area contributed by atoms with Crippen LogP contribution in [0.15, 0.2) is 39.4 Å². The summed E-state index contributed by atoms with van der Waals surface area (Å²) in [5.41, 5.74) is 0.0831. The van der Waals surface area contributed by atoms with Gasteiger partial charge in [-0.2, -0.15) is 5.10 Å². The van der Waals surface area contributed by atoms with Gasteiger partial charge in [0, 0.05) is 34.0 Å². The van der Waals surface area contributed by atoms with Crippen molar-refractivity contribution >= 4 is 34.0 Å². The Morgan fingerprint density at radius 2 is 1.90 bits per heavy atom. The van der Waals surface area contributed by atoms with Gasteiger partial charge in [-0.05, 0) is 92.9 Å². The molecule has 216 valence electrons. The van der Waals surface area contributed by atoms with Crippen LogP contribution in [0.4, 0.5) is 0 Å². The van der Waals surface area contributed by atoms with Gasteiger partial charge >= 0.3 is 5.97 Å². The van der Waals surface area contributed by atoms with Gasteiger partial charge < -0.3 is 25.2 Å². The van der Waals surface area contributed by atoms with E-state index in [1.54, 1.807) is 18.4 Å². The zero-order valence-corrected chi connectivity index (χ0v) is 24.2. The van der Waals surface area contributed by atoms with Gasteiger partial charge in [-0.15, -0.1) is 0 Å². The van der Waals surface area contributed by atoms with Gasteiger partial charge in [-0.1, -0.05) is 22.9 Å². The standard InChI is InChI=1S/C30H37BrN2O7/c1-27-8-5-22-23(30(27,39)11-7-21(27)17-12-25(36)40-15-17)6-10-29(38)14-19(34)4-9-28(22,29)16-32-33-26(37)20-13-18(31)2-3-24(20)35/h2-3,12-13,16,19,21-23,34-35,38-39H,4-11,14-15H2,1H3,(H,33,37)/t19-,21?,22+,23-,27?,28?,29?,30?/m1/s1. The van der Waals surface area contributed by atoms with Crippen molar-refractivity contribution in [2.24, 2.45) is 33.7 Å². The molecular weight excluding hydrogens is 580 g/mol. The predicted octanol–water partition coefficient (Wildman–Crippen LogP) is 3.58. The highest BCUT2D eigenvalue weighted by Crippen LogP contribution is 2.70. The molecule has 6 rings (SSSR count). The number of esters is 1. The fraction of sp³-hybridized carbons (Fsp3) is 0.633. The minimum Gasteiger partial charge on any atom is -0.507 e. The number of fused-ring (bicyclic) bond motifs is 5. The number of hydrogen-bond acceptors (Lipinski definition) is 8. The molecule has 9 nitrogen and oxygen atoms in total. The second-order valence-corrected chi connectivity index (χ2v) is 13.8. The van der Waals surface area contributed by atoms with Crippen LogP contribution in [0, 0.1) is 28.6 Å². The lowest BCUT2D eigenvalue weighted by molar-refractivity contribution is -0.237. The average molecular weight is 618 g/mol. The molecule has 1 heterocycles. The van der Waals surface area contributed by atoms with E-state index in [0.717, 1.165) is 18.4 Å². The normalized spacial score (nSPS) is 42.5. The van der Waals surface area contributed by atoms with Crippen molar-refractivity contribution in [2.45, 2.75) is 82.0 Å². The number of aliphatic hydroxyl groups excluding tert-OH is 1. The van der Waals surface area contributed by atoms with Crippen molar-refractivity contribution in [1.29, 1.82) is 0 Å². The van der Waals surface area contributed by atoms with Crippen LogP contribution in [0.1, 0.15) is 75.1 Å². The third kappa shape index (κ3) is 4.01. The van der Waals surface area contributed by atoms with E-state index in [0.29, 0.717) is 43.0 Å². The van der Waals surface area contributed by atoms with Crippen LogP contribution in [-0.2, 0) is 9.53 Å². The molecule has 5 unspecified atom stereocenters. The number of amides is 1. The van der Waals surface area contributed by atoms with Crippen LogP contribution in [-0.4, -0.2) is 62.4 Å². The van der Waals surface area contributed by atoms with Crippen molar-refractivity contribution < 1.29 is 34.8 Å². The number of phenolic OH excluding ortho intramolecular Hbond substituents is 1. The molecule has 0 radical (unpaired) electrons. The zero-order valence-electron chi connectivity index (χ0n) is 22.6. The number of phenols is 1. The molecule has 5 aliphatic rings. The van der Waals surface area contributed by atoms with Gasteiger partial charge in [0.05, 0.1) is 22.9 Å². The molecule has 0 aromatic heterocycles. The summed E-state index contributed by atoms with van der Waals surface area (Å²) in [6.45, 7) is 2.42. The molecule has 10 heteroatoms. The lowest BCUT2D eigenvalue weighted by Crippen LogP contribution is -2.68. The van der Waals surface area contributed by atoms with Crippen LogP contribution in [0.25, 0.3) is 0 Å². The Morgan fingerprint density at radius 1 is 1.12 bits per heavy atom. The second-order valence-electron chi connectivity index (χ2n) is 12.9. The number of rotatable bonds is 4. The molecule has 1 amide bonds. The molecular formula is C30H37BrN2O7. The average Bonchev–Trinajstić information content (AvgIpc) is 3.45. The number of halogens is 1. The highest BCUT2D eigenvalue weighted by Gasteiger charge is 2.71. The van der Waals surface area contributed by atoms with Crippen molar-refractivity contribution in [1.82, 2.24) is 5.43 Å². The maximum absolute atomic E-state index is 12.9. The van der Waals surface area contributed by atoms with Gasteiger partial charge in [-0.3, -0.25) is 4.79 Å². The zero-order chi connectivity index (χ0) is 28.5. The molecule has 40 heavy (non-hydrogen) atoms. The molecule has 1 aliphatic heterocycles. The van der Waals surface area contributed by atoms with Crippen molar-refractivity contribution in [3.8, 4) is 5.75 Å². The summed E-state index contributed by atoms with van der Waals surface area (Å²) < 4.78 is 5.86. The SMILES string of the molecule is CC12CC[C@H]3[C@@H](CCC4(O)C[C@H](O)CCC34C=NNC(=O)c3cc(Br)ccc3O)C1(O)CCC2C1=CC(=O)OC1. The number of hydrogen-bond donors (Lipinski definition) is 5. The molecule has 8 atom stereocenters. The third-order valence-electron chi connectivity index (χ3n) is 11.3. The molecule has 1 aromatic rings. The lowest BCUT2D eigenvalue weighted by Gasteiger charge is -2.65. The summed E-state index contributed by atoms with van der Waals surface area (Å²) in [6.07, 6.45) is 7.68. The first-order chi connectivity index (χ1) is 18.9. The number of carbonyl (C=O) groups is 2. The molecule has 5 N–H and O–H groups in total. The first-order valence-corrected chi connectivity index (χ1v) is 15.0. The Kier molecular flexibility index (Phi) is 6.72. The Bertz CT molecular complexity index is 1300. The number of hydrazone groups is 1. The van der Waals surface area contributed by atoms with Crippen molar-refractivity contribution in [3.63, 3.8) is 0 Å². The highest BCUT2D eigenvalue weighted by molar-refractivity contribution is 9.10. The molecule has 0 saturated heterocycles. The summed E-state index contributed by atoms with van der Waals surface area (Å²) >= 11 is 3.31. The molecule has 4 fully saturated rings. The Hall–Kier alpha value is -2.27. The number of nitrogens with zero attached hydrogens (tertiary/aromatic N) is 1. The lowest BCUT2D eigenvalue weighted by atomic mass is 9.41. The number of ether oxygens (including phenoxy) is 1. The van der Waals surface area contributed by atoms with Gasteiger partial charge in [0.25, 0.3) is 5.91 Å². The van der Waals surface area contributed by atoms with Crippen LogP contribution in [0.2, 0.25) is 0 Å². The molecule has 4 aliphatic carbocycles. The van der Waals surface area contributed by atoms with Crippen LogP contribution < -0.4 is 5.43 Å². The van der Waals surface area contributed by atoms with E-state index in [4.69, 9.17) is 4.74 Å². The second kappa shape index (κ2) is 9.64. The molecule has 0 bridgehead atoms. The largest absolute Gasteiger partial charge is 0.507 e. The van der Waals surface area contributed by atoms with Crippen LogP contribution in [0.5, 0.6) is 5.75 Å². The number of aromatic hydroxyl groups is 1. The van der Waals surface area contributed by atoms with Gasteiger partial charge in [0.2, 0.25) is 0 Å². The van der Waals surface area contributed by atoms with Gasteiger partial charge in [0.15, 0.2) is 0 Å². The monoisotopic (exact) mass is 616 g/mol. The van der Waals surface area contributed by atoms with E-state index < -0.39 is 34.0 Å². The van der Waals surface area contributed by atoms with Crippen molar-refractivity contribution in [3.05, 3.63) is 39.9 Å². The number of nitrogens with one attached hydrogen (secondary N) is 1. The van der Waals surface area contributed by atoms with E-state index in [9.17, 15) is 30.0 Å². The number of cyclic esters (lactones) is 1. The number of benzene rings is 1. The summed E-state index contributed by atoms with van der Waals surface area (Å²) in [7, 11) is 0. The fourth-order valence-corrected chi connectivity index (χ4v) is 9.68. The molecule has 4 saturated carbocycles. The smallest absolute Gasteiger partial charge is 0.331 e. The summed E-state index contributed by atoms with van der Waals surface area (Å²) in [5, 5.41) is 49.7. The van der Waals surface area contributed by atoms with Crippen molar-refractivity contribution in [2.75, 3.05) is 6.61 Å². The molecule has 1 aromatic carbocycles. The number of carbonyl (C=O) groups excluding carboxylic acids is 2. The summed E-state index contributed by atoms with van der Waals surface area (Å²) in [6, 6.07) is 4.56. The van der Waals surface area contributed by atoms with E-state index in [-0.39, 0.29) is 48.1 Å². The Morgan fingerprint density at radius 3 is 2.65 bits per heavy atom. The maximum Gasteiger partial charge on any atom is 0.331 e. The topological polar surface area (TPSA) is 149 Å². The highest BCUT2D eigenvalue weighted by atomic mass is 79.9. The number of aliphatic hydroxyl groups is 3. The van der Waals surface area contributed by atoms with Gasteiger partial charge in [-0.25, -0.2) is 10.2 Å². The fourth-order valence-electron chi connectivity index (χ4n) is 9.32. The minimum atomic E-state index is -1.23. The molecule has 0 spiro atoms. The third-order valence-corrected chi connectivity index (χ3v) is 11.8. The van der Waals surface area contributed by atoms with E-state index >= 15 is 0 Å². The Labute approximate surface area is 241 Å². The van der Waals surface area contributed by atoms with E-state index in [2.05, 4.69) is 33.4 Å². The van der Waals surface area contributed by atoms with Crippen LogP contribution in [0.3, 0.4) is 0 Å². The minimum absolute atomic E-state index is 0.0562. The van der Waals surface area contributed by atoms with Gasteiger partial charge in [0.1, 0.15) is 12.4 Å².